The second-order valence-corrected chi connectivity index (χ2v) is 7.20. The van der Waals surface area contributed by atoms with Gasteiger partial charge in [0.25, 0.3) is 0 Å². The molecule has 1 aromatic rings. The fourth-order valence-corrected chi connectivity index (χ4v) is 3.67. The summed E-state index contributed by atoms with van der Waals surface area (Å²) in [5.74, 6) is -0.840. The predicted octanol–water partition coefficient (Wildman–Crippen LogP) is 2.55. The Morgan fingerprint density at radius 2 is 1.64 bits per heavy atom. The van der Waals surface area contributed by atoms with Crippen LogP contribution in [0.4, 0.5) is 0 Å². The quantitative estimate of drug-likeness (QED) is 0.410. The SMILES string of the molecule is O=C(CN1C(=O)[C@H]2CCCC[C@H]2C1=O)OCCOc1ccc(Br)cc1. The van der Waals surface area contributed by atoms with Crippen molar-refractivity contribution in [1.82, 2.24) is 4.90 Å². The first kappa shape index (κ1) is 17.9. The maximum Gasteiger partial charge on any atom is 0.326 e. The number of esters is 1. The van der Waals surface area contributed by atoms with E-state index in [2.05, 4.69) is 15.9 Å². The monoisotopic (exact) mass is 409 g/mol. The van der Waals surface area contributed by atoms with Crippen LogP contribution in [0.2, 0.25) is 0 Å². The van der Waals surface area contributed by atoms with Gasteiger partial charge in [-0.2, -0.15) is 0 Å². The van der Waals surface area contributed by atoms with E-state index in [9.17, 15) is 14.4 Å². The van der Waals surface area contributed by atoms with Gasteiger partial charge in [0.1, 0.15) is 25.5 Å². The molecule has 2 amide bonds. The number of hydrogen-bond acceptors (Lipinski definition) is 5. The first-order valence-electron chi connectivity index (χ1n) is 8.45. The number of amides is 2. The zero-order valence-electron chi connectivity index (χ0n) is 13.8. The van der Waals surface area contributed by atoms with Crippen LogP contribution in [0.5, 0.6) is 5.75 Å². The Hall–Kier alpha value is -1.89. The maximum atomic E-state index is 12.3. The van der Waals surface area contributed by atoms with Gasteiger partial charge in [0.15, 0.2) is 0 Å². The van der Waals surface area contributed by atoms with Crippen LogP contribution in [-0.2, 0) is 19.1 Å². The van der Waals surface area contributed by atoms with E-state index in [1.165, 1.54) is 0 Å². The summed E-state index contributed by atoms with van der Waals surface area (Å²) < 4.78 is 11.5. The molecule has 6 nitrogen and oxygen atoms in total. The van der Waals surface area contributed by atoms with E-state index in [1.54, 1.807) is 12.1 Å². The molecule has 1 saturated heterocycles. The molecule has 25 heavy (non-hydrogen) atoms. The molecule has 134 valence electrons. The molecule has 3 rings (SSSR count). The normalized spacial score (nSPS) is 22.7. The molecule has 2 atom stereocenters. The average molecular weight is 410 g/mol. The topological polar surface area (TPSA) is 72.9 Å². The van der Waals surface area contributed by atoms with Crippen molar-refractivity contribution < 1.29 is 23.9 Å². The summed E-state index contributed by atoms with van der Waals surface area (Å²) in [6.45, 7) is -0.0263. The lowest BCUT2D eigenvalue weighted by molar-refractivity contribution is -0.153. The molecule has 2 aliphatic rings. The van der Waals surface area contributed by atoms with Crippen molar-refractivity contribution in [3.05, 3.63) is 28.7 Å². The molecule has 0 bridgehead atoms. The van der Waals surface area contributed by atoms with E-state index >= 15 is 0 Å². The van der Waals surface area contributed by atoms with Gasteiger partial charge >= 0.3 is 5.97 Å². The predicted molar refractivity (Wildman–Crippen MR) is 92.8 cm³/mol. The summed E-state index contributed by atoms with van der Waals surface area (Å²) in [4.78, 5) is 37.6. The van der Waals surface area contributed by atoms with Gasteiger partial charge in [-0.15, -0.1) is 0 Å². The highest BCUT2D eigenvalue weighted by Crippen LogP contribution is 2.37. The number of likely N-dealkylation sites (tertiary alicyclic amines) is 1. The summed E-state index contributed by atoms with van der Waals surface area (Å²) in [6, 6.07) is 7.31. The lowest BCUT2D eigenvalue weighted by Gasteiger charge is -2.19. The van der Waals surface area contributed by atoms with Crippen molar-refractivity contribution in [1.29, 1.82) is 0 Å². The molecule has 1 saturated carbocycles. The molecule has 0 unspecified atom stereocenters. The molecule has 2 fully saturated rings. The Kier molecular flexibility index (Phi) is 5.73. The number of nitrogens with zero attached hydrogens (tertiary/aromatic N) is 1. The fourth-order valence-electron chi connectivity index (χ4n) is 3.41. The van der Waals surface area contributed by atoms with Gasteiger partial charge in [-0.3, -0.25) is 19.3 Å². The van der Waals surface area contributed by atoms with Gasteiger partial charge in [-0.1, -0.05) is 28.8 Å². The molecular formula is C18H20BrNO5. The number of ether oxygens (including phenoxy) is 2. The highest BCUT2D eigenvalue weighted by Gasteiger charge is 2.48. The van der Waals surface area contributed by atoms with Crippen LogP contribution in [0.15, 0.2) is 28.7 Å². The molecule has 7 heteroatoms. The zero-order chi connectivity index (χ0) is 17.8. The molecule has 1 aliphatic carbocycles. The van der Waals surface area contributed by atoms with Gasteiger partial charge in [-0.25, -0.2) is 0 Å². The standard InChI is InChI=1S/C18H20BrNO5/c19-12-5-7-13(8-6-12)24-9-10-25-16(21)11-20-17(22)14-3-1-2-4-15(14)18(20)23/h5-8,14-15H,1-4,9-11H2/t14-,15+. The van der Waals surface area contributed by atoms with E-state index in [0.717, 1.165) is 35.1 Å². The van der Waals surface area contributed by atoms with Crippen LogP contribution in [0.1, 0.15) is 25.7 Å². The lowest BCUT2D eigenvalue weighted by atomic mass is 9.81. The van der Waals surface area contributed by atoms with Crippen LogP contribution in [0, 0.1) is 11.8 Å². The summed E-state index contributed by atoms with van der Waals surface area (Å²) in [5, 5.41) is 0. The smallest absolute Gasteiger partial charge is 0.326 e. The third-order valence-corrected chi connectivity index (χ3v) is 5.18. The Morgan fingerprint density at radius 3 is 2.24 bits per heavy atom. The number of imide groups is 1. The molecule has 0 spiro atoms. The number of benzene rings is 1. The second-order valence-electron chi connectivity index (χ2n) is 6.28. The van der Waals surface area contributed by atoms with E-state index in [1.807, 2.05) is 12.1 Å². The molecule has 1 heterocycles. The molecule has 1 aliphatic heterocycles. The lowest BCUT2D eigenvalue weighted by Crippen LogP contribution is -2.37. The van der Waals surface area contributed by atoms with Crippen LogP contribution in [0.25, 0.3) is 0 Å². The van der Waals surface area contributed by atoms with Crippen LogP contribution in [-0.4, -0.2) is 42.4 Å². The number of rotatable bonds is 6. The maximum absolute atomic E-state index is 12.3. The molecular weight excluding hydrogens is 390 g/mol. The number of hydrogen-bond donors (Lipinski definition) is 0. The van der Waals surface area contributed by atoms with E-state index < -0.39 is 5.97 Å². The van der Waals surface area contributed by atoms with Crippen LogP contribution in [0.3, 0.4) is 0 Å². The van der Waals surface area contributed by atoms with Gasteiger partial charge in [-0.05, 0) is 37.1 Å². The summed E-state index contributed by atoms with van der Waals surface area (Å²) in [6.07, 6.45) is 3.40. The minimum absolute atomic E-state index is 0.0674. The minimum Gasteiger partial charge on any atom is -0.490 e. The third-order valence-electron chi connectivity index (χ3n) is 4.65. The minimum atomic E-state index is -0.584. The molecule has 0 aromatic heterocycles. The largest absolute Gasteiger partial charge is 0.490 e. The fraction of sp³-hybridized carbons (Fsp3) is 0.500. The van der Waals surface area contributed by atoms with Crippen LogP contribution >= 0.6 is 15.9 Å². The van der Waals surface area contributed by atoms with Gasteiger partial charge in [0.2, 0.25) is 11.8 Å². The van der Waals surface area contributed by atoms with Crippen molar-refractivity contribution in [2.24, 2.45) is 11.8 Å². The molecule has 1 aromatic carbocycles. The zero-order valence-corrected chi connectivity index (χ0v) is 15.4. The van der Waals surface area contributed by atoms with Crippen molar-refractivity contribution in [2.45, 2.75) is 25.7 Å². The van der Waals surface area contributed by atoms with E-state index in [4.69, 9.17) is 9.47 Å². The van der Waals surface area contributed by atoms with Gasteiger partial charge in [0.05, 0.1) is 11.8 Å². The first-order chi connectivity index (χ1) is 12.1. The number of carbonyl (C=O) groups is 3. The highest BCUT2D eigenvalue weighted by atomic mass is 79.9. The summed E-state index contributed by atoms with van der Waals surface area (Å²) in [7, 11) is 0. The van der Waals surface area contributed by atoms with Crippen molar-refractivity contribution in [2.75, 3.05) is 19.8 Å². The van der Waals surface area contributed by atoms with Crippen molar-refractivity contribution >= 4 is 33.7 Å². The Morgan fingerprint density at radius 1 is 1.04 bits per heavy atom. The Balaban J connectivity index is 1.42. The number of halogens is 1. The van der Waals surface area contributed by atoms with E-state index in [0.29, 0.717) is 5.75 Å². The Bertz CT molecular complexity index is 636. The van der Waals surface area contributed by atoms with Gasteiger partial charge < -0.3 is 9.47 Å². The van der Waals surface area contributed by atoms with Crippen LogP contribution < -0.4 is 4.74 Å². The van der Waals surface area contributed by atoms with E-state index in [-0.39, 0.29) is 43.4 Å². The molecule has 0 radical (unpaired) electrons. The summed E-state index contributed by atoms with van der Waals surface area (Å²) >= 11 is 3.34. The number of carbonyl (C=O) groups excluding carboxylic acids is 3. The van der Waals surface area contributed by atoms with Gasteiger partial charge in [0, 0.05) is 4.47 Å². The average Bonchev–Trinajstić information content (AvgIpc) is 2.86. The Labute approximate surface area is 154 Å². The number of fused-ring (bicyclic) bond motifs is 1. The summed E-state index contributed by atoms with van der Waals surface area (Å²) in [5.41, 5.74) is 0. The van der Waals surface area contributed by atoms with Crippen molar-refractivity contribution in [3.63, 3.8) is 0 Å². The first-order valence-corrected chi connectivity index (χ1v) is 9.25. The molecule has 0 N–H and O–H groups in total. The highest BCUT2D eigenvalue weighted by molar-refractivity contribution is 9.10. The third kappa shape index (κ3) is 4.21. The van der Waals surface area contributed by atoms with Crippen molar-refractivity contribution in [3.8, 4) is 5.75 Å². The second kappa shape index (κ2) is 7.99.